The first-order valence-corrected chi connectivity index (χ1v) is 11.2. The summed E-state index contributed by atoms with van der Waals surface area (Å²) in [6.07, 6.45) is 6.61. The molecule has 0 aliphatic rings. The summed E-state index contributed by atoms with van der Waals surface area (Å²) >= 11 is 0. The molecule has 8 nitrogen and oxygen atoms in total. The zero-order valence-corrected chi connectivity index (χ0v) is 19.3. The molecule has 35 heavy (non-hydrogen) atoms. The zero-order chi connectivity index (χ0) is 25.0. The molecule has 180 valence electrons. The minimum Gasteiger partial charge on any atom is -0.494 e. The Balaban J connectivity index is 1.42. The van der Waals surface area contributed by atoms with Crippen molar-refractivity contribution in [3.05, 3.63) is 82.2 Å². The molecular weight excluding hydrogens is 450 g/mol. The van der Waals surface area contributed by atoms with Crippen molar-refractivity contribution in [2.45, 2.75) is 32.6 Å². The number of nitriles is 1. The summed E-state index contributed by atoms with van der Waals surface area (Å²) in [6.45, 7) is 2.72. The summed E-state index contributed by atoms with van der Waals surface area (Å²) in [6, 6.07) is 14.4. The first-order chi connectivity index (χ1) is 17.0. The molecule has 0 N–H and O–H groups in total. The summed E-state index contributed by atoms with van der Waals surface area (Å²) in [5.41, 5.74) is -0.277. The van der Waals surface area contributed by atoms with Crippen LogP contribution >= 0.6 is 0 Å². The van der Waals surface area contributed by atoms with Crippen molar-refractivity contribution < 1.29 is 28.2 Å². The van der Waals surface area contributed by atoms with Gasteiger partial charge in [-0.1, -0.05) is 6.08 Å². The van der Waals surface area contributed by atoms with Gasteiger partial charge in [0.2, 0.25) is 0 Å². The van der Waals surface area contributed by atoms with Gasteiger partial charge in [0.15, 0.2) is 0 Å². The number of fused-ring (bicyclic) bond motifs is 1. The van der Waals surface area contributed by atoms with E-state index in [1.54, 1.807) is 55.5 Å². The second-order valence-corrected chi connectivity index (χ2v) is 7.60. The predicted octanol–water partition coefficient (Wildman–Crippen LogP) is 4.94. The summed E-state index contributed by atoms with van der Waals surface area (Å²) in [4.78, 5) is 35.4. The minimum absolute atomic E-state index is 0.0903. The molecule has 2 aromatic carbocycles. The van der Waals surface area contributed by atoms with Crippen LogP contribution in [0.3, 0.4) is 0 Å². The fraction of sp³-hybridized carbons (Fsp3) is 0.259. The highest BCUT2D eigenvalue weighted by Gasteiger charge is 2.11. The lowest BCUT2D eigenvalue weighted by Crippen LogP contribution is -2.09. The Kier molecular flexibility index (Phi) is 9.20. The van der Waals surface area contributed by atoms with Gasteiger partial charge < -0.3 is 18.6 Å². The Hall–Kier alpha value is -4.38. The quantitative estimate of drug-likeness (QED) is 0.126. The Morgan fingerprint density at radius 1 is 0.971 bits per heavy atom. The van der Waals surface area contributed by atoms with Gasteiger partial charge in [-0.05, 0) is 75.1 Å². The van der Waals surface area contributed by atoms with E-state index in [0.717, 1.165) is 25.7 Å². The molecule has 0 spiro atoms. The van der Waals surface area contributed by atoms with Gasteiger partial charge in [0.1, 0.15) is 28.7 Å². The normalized spacial score (nSPS) is 10.7. The molecule has 0 unspecified atom stereocenters. The largest absolute Gasteiger partial charge is 0.494 e. The van der Waals surface area contributed by atoms with E-state index in [4.69, 9.17) is 23.9 Å². The first-order valence-electron chi connectivity index (χ1n) is 11.2. The lowest BCUT2D eigenvalue weighted by molar-refractivity contribution is -0.137. The lowest BCUT2D eigenvalue weighted by Gasteiger charge is -2.08. The van der Waals surface area contributed by atoms with Gasteiger partial charge in [-0.3, -0.25) is 0 Å². The number of hydrogen-bond acceptors (Lipinski definition) is 8. The molecule has 0 aliphatic carbocycles. The number of hydrogen-bond donors (Lipinski definition) is 0. The fourth-order valence-corrected chi connectivity index (χ4v) is 3.19. The maximum Gasteiger partial charge on any atom is 0.354 e. The standard InChI is InChI=1S/C27H25NO7/c1-2-7-25(29)33-15-6-4-3-5-14-32-22-11-8-19(9-12-22)26(30)34-23-13-10-20-16-21(18-28)27(31)35-24(20)17-23/h2,7-13,16-17H,3-6,14-15H2,1H3. The number of nitrogens with zero attached hydrogens (tertiary/aromatic N) is 1. The minimum atomic E-state index is -0.746. The SMILES string of the molecule is CC=CC(=O)OCCCCCCOc1ccc(C(=O)Oc2ccc3cc(C#N)c(=O)oc3c2)cc1. The van der Waals surface area contributed by atoms with Crippen LogP contribution in [0.1, 0.15) is 48.5 Å². The number of benzene rings is 2. The highest BCUT2D eigenvalue weighted by molar-refractivity contribution is 5.91. The van der Waals surface area contributed by atoms with E-state index in [2.05, 4.69) is 0 Å². The monoisotopic (exact) mass is 475 g/mol. The predicted molar refractivity (Wildman–Crippen MR) is 128 cm³/mol. The van der Waals surface area contributed by atoms with Crippen LogP contribution in [-0.4, -0.2) is 25.2 Å². The molecule has 1 heterocycles. The molecule has 0 fully saturated rings. The zero-order valence-electron chi connectivity index (χ0n) is 19.3. The highest BCUT2D eigenvalue weighted by atomic mass is 16.5. The van der Waals surface area contributed by atoms with Crippen LogP contribution in [0.2, 0.25) is 0 Å². The van der Waals surface area contributed by atoms with Crippen molar-refractivity contribution in [1.29, 1.82) is 5.26 Å². The van der Waals surface area contributed by atoms with Gasteiger partial charge in [-0.15, -0.1) is 0 Å². The average molecular weight is 475 g/mol. The Morgan fingerprint density at radius 2 is 1.69 bits per heavy atom. The van der Waals surface area contributed by atoms with Crippen LogP contribution in [0, 0.1) is 11.3 Å². The van der Waals surface area contributed by atoms with Gasteiger partial charge in [-0.25, -0.2) is 14.4 Å². The molecule has 0 atom stereocenters. The van der Waals surface area contributed by atoms with E-state index in [-0.39, 0.29) is 22.9 Å². The van der Waals surface area contributed by atoms with Crippen LogP contribution in [0.4, 0.5) is 0 Å². The smallest absolute Gasteiger partial charge is 0.354 e. The van der Waals surface area contributed by atoms with E-state index in [1.807, 2.05) is 0 Å². The second-order valence-electron chi connectivity index (χ2n) is 7.60. The molecule has 0 amide bonds. The Morgan fingerprint density at radius 3 is 2.40 bits per heavy atom. The van der Waals surface area contributed by atoms with Crippen molar-refractivity contribution in [3.63, 3.8) is 0 Å². The maximum absolute atomic E-state index is 12.5. The van der Waals surface area contributed by atoms with Crippen LogP contribution in [0.15, 0.2) is 69.9 Å². The number of unbranched alkanes of at least 4 members (excludes halogenated alkanes) is 3. The third-order valence-corrected chi connectivity index (χ3v) is 4.98. The number of ether oxygens (including phenoxy) is 3. The molecule has 0 saturated carbocycles. The molecule has 8 heteroatoms. The molecule has 0 aliphatic heterocycles. The Labute approximate surface area is 202 Å². The lowest BCUT2D eigenvalue weighted by atomic mass is 10.2. The molecule has 3 rings (SSSR count). The van der Waals surface area contributed by atoms with E-state index in [1.165, 1.54) is 18.2 Å². The molecule has 0 radical (unpaired) electrons. The second kappa shape index (κ2) is 12.8. The van der Waals surface area contributed by atoms with E-state index in [9.17, 15) is 14.4 Å². The number of rotatable bonds is 11. The molecular formula is C27H25NO7. The summed E-state index contributed by atoms with van der Waals surface area (Å²) in [5.74, 6) is -0.0270. The van der Waals surface area contributed by atoms with Gasteiger partial charge in [0.05, 0.1) is 18.8 Å². The number of allylic oxidation sites excluding steroid dienone is 1. The highest BCUT2D eigenvalue weighted by Crippen LogP contribution is 2.22. The fourth-order valence-electron chi connectivity index (χ4n) is 3.19. The van der Waals surface area contributed by atoms with Crippen LogP contribution in [0.5, 0.6) is 11.5 Å². The summed E-state index contributed by atoms with van der Waals surface area (Å²) in [7, 11) is 0. The van der Waals surface area contributed by atoms with E-state index < -0.39 is 11.6 Å². The number of esters is 2. The van der Waals surface area contributed by atoms with Crippen LogP contribution in [0.25, 0.3) is 11.0 Å². The number of carbonyl (C=O) groups is 2. The van der Waals surface area contributed by atoms with Crippen molar-refractivity contribution in [1.82, 2.24) is 0 Å². The average Bonchev–Trinajstić information content (AvgIpc) is 2.85. The Bertz CT molecular complexity index is 1300. The van der Waals surface area contributed by atoms with Crippen LogP contribution < -0.4 is 15.1 Å². The van der Waals surface area contributed by atoms with Gasteiger partial charge in [-0.2, -0.15) is 5.26 Å². The van der Waals surface area contributed by atoms with E-state index in [0.29, 0.717) is 29.9 Å². The summed E-state index contributed by atoms with van der Waals surface area (Å²) < 4.78 is 21.2. The number of carbonyl (C=O) groups excluding carboxylic acids is 2. The van der Waals surface area contributed by atoms with Gasteiger partial charge >= 0.3 is 17.6 Å². The van der Waals surface area contributed by atoms with E-state index >= 15 is 0 Å². The van der Waals surface area contributed by atoms with Crippen molar-refractivity contribution in [3.8, 4) is 17.6 Å². The van der Waals surface area contributed by atoms with Crippen molar-refractivity contribution in [2.24, 2.45) is 0 Å². The first kappa shape index (κ1) is 25.2. The van der Waals surface area contributed by atoms with Crippen molar-refractivity contribution >= 4 is 22.9 Å². The third kappa shape index (κ3) is 7.57. The topological polar surface area (TPSA) is 116 Å². The maximum atomic E-state index is 12.5. The third-order valence-electron chi connectivity index (χ3n) is 4.98. The summed E-state index contributed by atoms with van der Waals surface area (Å²) in [5, 5.41) is 9.47. The molecule has 0 bridgehead atoms. The molecule has 0 saturated heterocycles. The van der Waals surface area contributed by atoms with Gasteiger partial charge in [0.25, 0.3) is 0 Å². The molecule has 3 aromatic rings. The molecule has 1 aromatic heterocycles. The van der Waals surface area contributed by atoms with Gasteiger partial charge in [0, 0.05) is 17.5 Å². The van der Waals surface area contributed by atoms with Crippen LogP contribution in [-0.2, 0) is 9.53 Å². The van der Waals surface area contributed by atoms with Crippen molar-refractivity contribution in [2.75, 3.05) is 13.2 Å².